The van der Waals surface area contributed by atoms with Gasteiger partial charge in [0, 0.05) is 6.42 Å². The number of hydrogen-bond donors (Lipinski definition) is 5. The van der Waals surface area contributed by atoms with Gasteiger partial charge in [-0.1, -0.05) is 62.6 Å². The molecule has 5 N–H and O–H groups in total. The van der Waals surface area contributed by atoms with E-state index in [9.17, 15) is 30.3 Å². The summed E-state index contributed by atoms with van der Waals surface area (Å²) < 4.78 is 15.8. The predicted octanol–water partition coefficient (Wildman–Crippen LogP) is 2.30. The molecule has 6 atom stereocenters. The van der Waals surface area contributed by atoms with Crippen LogP contribution in [-0.2, 0) is 19.0 Å². The first kappa shape index (κ1) is 32.4. The van der Waals surface area contributed by atoms with E-state index in [1.165, 1.54) is 0 Å². The van der Waals surface area contributed by atoms with Crippen LogP contribution in [0.5, 0.6) is 0 Å². The molecule has 1 aliphatic rings. The normalized spacial score (nSPS) is 25.8. The Bertz CT molecular complexity index is 647. The second kappa shape index (κ2) is 20.5. The van der Waals surface area contributed by atoms with Crippen molar-refractivity contribution in [1.29, 1.82) is 0 Å². The number of esters is 1. The smallest absolute Gasteiger partial charge is 0.306 e. The molecule has 1 fully saturated rings. The van der Waals surface area contributed by atoms with E-state index in [1.807, 2.05) is 0 Å². The average Bonchev–Trinajstić information content (AvgIpc) is 2.88. The lowest BCUT2D eigenvalue weighted by atomic mass is 9.99. The second-order valence-corrected chi connectivity index (χ2v) is 8.93. The molecule has 1 rings (SSSR count). The lowest BCUT2D eigenvalue weighted by Gasteiger charge is -2.39. The highest BCUT2D eigenvalue weighted by molar-refractivity contribution is 5.69. The van der Waals surface area contributed by atoms with Crippen molar-refractivity contribution in [3.05, 3.63) is 36.5 Å². The fourth-order valence-electron chi connectivity index (χ4n) is 3.66. The van der Waals surface area contributed by atoms with Crippen LogP contribution in [0.3, 0.4) is 0 Å². The van der Waals surface area contributed by atoms with Crippen LogP contribution < -0.4 is 0 Å². The molecule has 0 spiro atoms. The van der Waals surface area contributed by atoms with Crippen LogP contribution in [0.4, 0.5) is 0 Å². The number of ether oxygens (including phenoxy) is 3. The van der Waals surface area contributed by atoms with Gasteiger partial charge >= 0.3 is 5.97 Å². The summed E-state index contributed by atoms with van der Waals surface area (Å²) >= 11 is 0. The van der Waals surface area contributed by atoms with Crippen molar-refractivity contribution in [2.75, 3.05) is 19.8 Å². The van der Waals surface area contributed by atoms with E-state index in [2.05, 4.69) is 43.4 Å². The molecule has 1 saturated heterocycles. The van der Waals surface area contributed by atoms with Crippen molar-refractivity contribution < 1.29 is 44.5 Å². The van der Waals surface area contributed by atoms with Gasteiger partial charge in [-0.15, -0.1) is 0 Å². The number of unbranched alkanes of at least 4 members (excludes halogenated alkanes) is 5. The fraction of sp³-hybridized carbons (Fsp3) is 0.741. The van der Waals surface area contributed by atoms with Gasteiger partial charge in [0.05, 0.1) is 19.8 Å². The molecule has 0 aromatic heterocycles. The molecule has 36 heavy (non-hydrogen) atoms. The molecule has 1 aliphatic heterocycles. The summed E-state index contributed by atoms with van der Waals surface area (Å²) in [5.74, 6) is -0.451. The van der Waals surface area contributed by atoms with Crippen molar-refractivity contribution in [3.8, 4) is 0 Å². The number of rotatable bonds is 19. The standard InChI is InChI=1S/C27H46O9/c1-2-3-4-5-6-7-8-9-10-11-12-13-14-15-16-17-23(30)35-21(18-28)20-34-27-26(33)25(32)24(31)22(19-29)36-27/h3-4,6-7,9-10,21-22,24-29,31-33H,2,5,8,11-20H2,1H3/b4-3-,7-6-,10-9-/t21?,22-,24+,25+,26-,27-/m1/s1. The molecule has 9 heteroatoms. The highest BCUT2D eigenvalue weighted by atomic mass is 16.7. The van der Waals surface area contributed by atoms with Crippen LogP contribution in [0.1, 0.15) is 71.1 Å². The summed E-state index contributed by atoms with van der Waals surface area (Å²) in [6.45, 7) is 0.796. The Balaban J connectivity index is 2.11. The monoisotopic (exact) mass is 514 g/mol. The summed E-state index contributed by atoms with van der Waals surface area (Å²) in [4.78, 5) is 12.1. The van der Waals surface area contributed by atoms with Gasteiger partial charge < -0.3 is 39.7 Å². The maximum atomic E-state index is 12.1. The van der Waals surface area contributed by atoms with Gasteiger partial charge in [-0.25, -0.2) is 0 Å². The summed E-state index contributed by atoms with van der Waals surface area (Å²) in [5.41, 5.74) is 0. The van der Waals surface area contributed by atoms with Crippen LogP contribution in [0, 0.1) is 0 Å². The molecule has 0 radical (unpaired) electrons. The zero-order valence-corrected chi connectivity index (χ0v) is 21.5. The fourth-order valence-corrected chi connectivity index (χ4v) is 3.66. The first-order valence-electron chi connectivity index (χ1n) is 13.1. The quantitative estimate of drug-likeness (QED) is 0.0995. The summed E-state index contributed by atoms with van der Waals surface area (Å²) in [7, 11) is 0. The summed E-state index contributed by atoms with van der Waals surface area (Å²) in [6.07, 6.45) is 14.3. The number of aliphatic hydroxyl groups is 5. The highest BCUT2D eigenvalue weighted by Gasteiger charge is 2.44. The van der Waals surface area contributed by atoms with Crippen molar-refractivity contribution in [3.63, 3.8) is 0 Å². The Morgan fingerprint density at radius 1 is 0.861 bits per heavy atom. The van der Waals surface area contributed by atoms with Crippen LogP contribution in [0.2, 0.25) is 0 Å². The minimum Gasteiger partial charge on any atom is -0.457 e. The number of allylic oxidation sites excluding steroid dienone is 6. The molecule has 1 unspecified atom stereocenters. The van der Waals surface area contributed by atoms with Gasteiger partial charge in [-0.05, 0) is 38.5 Å². The van der Waals surface area contributed by atoms with Gasteiger partial charge in [0.2, 0.25) is 0 Å². The Morgan fingerprint density at radius 2 is 1.50 bits per heavy atom. The second-order valence-electron chi connectivity index (χ2n) is 8.93. The van der Waals surface area contributed by atoms with Gasteiger partial charge in [-0.2, -0.15) is 0 Å². The van der Waals surface area contributed by atoms with Gasteiger partial charge in [0.25, 0.3) is 0 Å². The maximum absolute atomic E-state index is 12.1. The van der Waals surface area contributed by atoms with E-state index in [4.69, 9.17) is 14.2 Å². The van der Waals surface area contributed by atoms with E-state index >= 15 is 0 Å². The summed E-state index contributed by atoms with van der Waals surface area (Å²) in [6, 6.07) is 0. The number of hydrogen-bond acceptors (Lipinski definition) is 9. The lowest BCUT2D eigenvalue weighted by Crippen LogP contribution is -2.59. The van der Waals surface area contributed by atoms with Gasteiger partial charge in [0.1, 0.15) is 30.5 Å². The third kappa shape index (κ3) is 13.6. The molecule has 0 amide bonds. The van der Waals surface area contributed by atoms with Crippen molar-refractivity contribution in [1.82, 2.24) is 0 Å². The zero-order valence-electron chi connectivity index (χ0n) is 21.5. The van der Waals surface area contributed by atoms with Crippen molar-refractivity contribution >= 4 is 5.97 Å². The molecular formula is C27H46O9. The lowest BCUT2D eigenvalue weighted by molar-refractivity contribution is -0.305. The predicted molar refractivity (Wildman–Crippen MR) is 136 cm³/mol. The van der Waals surface area contributed by atoms with Crippen LogP contribution >= 0.6 is 0 Å². The Kier molecular flexibility index (Phi) is 18.4. The largest absolute Gasteiger partial charge is 0.457 e. The topological polar surface area (TPSA) is 146 Å². The minimum absolute atomic E-state index is 0.232. The Morgan fingerprint density at radius 3 is 2.17 bits per heavy atom. The summed E-state index contributed by atoms with van der Waals surface area (Å²) in [5, 5.41) is 48.2. The number of carbonyl (C=O) groups is 1. The van der Waals surface area contributed by atoms with Crippen LogP contribution in [0.25, 0.3) is 0 Å². The number of aliphatic hydroxyl groups excluding tert-OH is 5. The molecule has 0 aromatic rings. The Hall–Kier alpha value is -1.59. The van der Waals surface area contributed by atoms with E-state index in [0.29, 0.717) is 6.42 Å². The van der Waals surface area contributed by atoms with Crippen molar-refractivity contribution in [2.24, 2.45) is 0 Å². The minimum atomic E-state index is -1.56. The third-order valence-corrected chi connectivity index (χ3v) is 5.83. The third-order valence-electron chi connectivity index (χ3n) is 5.83. The van der Waals surface area contributed by atoms with Crippen LogP contribution in [0.15, 0.2) is 36.5 Å². The van der Waals surface area contributed by atoms with E-state index in [-0.39, 0.29) is 13.0 Å². The van der Waals surface area contributed by atoms with E-state index < -0.39 is 56.0 Å². The first-order valence-corrected chi connectivity index (χ1v) is 13.1. The SMILES string of the molecule is CC/C=C\C/C=C\C/C=C\CCCCCCCC(=O)OC(CO)CO[C@@H]1O[C@H](CO)[C@H](O)[C@H](O)[C@H]1O. The number of carbonyl (C=O) groups excluding carboxylic acids is 1. The Labute approximate surface area is 215 Å². The van der Waals surface area contributed by atoms with E-state index in [0.717, 1.165) is 51.4 Å². The van der Waals surface area contributed by atoms with Gasteiger partial charge in [-0.3, -0.25) is 4.79 Å². The molecular weight excluding hydrogens is 468 g/mol. The molecule has 0 bridgehead atoms. The molecule has 0 aromatic carbocycles. The van der Waals surface area contributed by atoms with Crippen LogP contribution in [-0.4, -0.2) is 88.1 Å². The maximum Gasteiger partial charge on any atom is 0.306 e. The van der Waals surface area contributed by atoms with E-state index in [1.54, 1.807) is 0 Å². The van der Waals surface area contributed by atoms with Crippen molar-refractivity contribution in [2.45, 2.75) is 108 Å². The molecule has 1 heterocycles. The molecule has 9 nitrogen and oxygen atoms in total. The van der Waals surface area contributed by atoms with Gasteiger partial charge in [0.15, 0.2) is 6.29 Å². The highest BCUT2D eigenvalue weighted by Crippen LogP contribution is 2.22. The molecule has 0 saturated carbocycles. The molecule has 208 valence electrons. The zero-order chi connectivity index (χ0) is 26.6. The molecule has 0 aliphatic carbocycles. The average molecular weight is 515 g/mol. The first-order chi connectivity index (χ1) is 17.4.